The minimum absolute atomic E-state index is 0.260. The van der Waals surface area contributed by atoms with Crippen molar-refractivity contribution >= 4 is 33.3 Å². The van der Waals surface area contributed by atoms with Crippen LogP contribution in [0.1, 0.15) is 15.9 Å². The summed E-state index contributed by atoms with van der Waals surface area (Å²) in [5.74, 6) is 0.500. The lowest BCUT2D eigenvalue weighted by Gasteiger charge is -2.12. The molecule has 0 saturated carbocycles. The van der Waals surface area contributed by atoms with Crippen LogP contribution in [0.4, 0.5) is 11.5 Å². The molecule has 0 saturated heterocycles. The second kappa shape index (κ2) is 8.74. The highest BCUT2D eigenvalue weighted by molar-refractivity contribution is 9.10. The van der Waals surface area contributed by atoms with Crippen LogP contribution in [-0.4, -0.2) is 34.8 Å². The molecule has 0 aliphatic rings. The molecule has 10 heteroatoms. The largest absolute Gasteiger partial charge is 0.497 e. The molecule has 1 amide bonds. The topological polar surface area (TPSA) is 109 Å². The number of amides is 1. The van der Waals surface area contributed by atoms with Crippen molar-refractivity contribution in [3.8, 4) is 11.5 Å². The van der Waals surface area contributed by atoms with E-state index in [9.17, 15) is 14.9 Å². The van der Waals surface area contributed by atoms with E-state index in [0.29, 0.717) is 27.2 Å². The van der Waals surface area contributed by atoms with Gasteiger partial charge in [-0.1, -0.05) is 12.1 Å². The van der Waals surface area contributed by atoms with E-state index < -0.39 is 4.92 Å². The quantitative estimate of drug-likeness (QED) is 0.423. The Balaban J connectivity index is 1.80. The van der Waals surface area contributed by atoms with Gasteiger partial charge in [-0.25, -0.2) is 0 Å². The van der Waals surface area contributed by atoms with Crippen LogP contribution in [0.15, 0.2) is 53.1 Å². The number of nitro groups is 1. The van der Waals surface area contributed by atoms with Gasteiger partial charge in [-0.2, -0.15) is 4.68 Å². The predicted molar refractivity (Wildman–Crippen MR) is 110 cm³/mol. The van der Waals surface area contributed by atoms with Gasteiger partial charge in [0.2, 0.25) is 0 Å². The van der Waals surface area contributed by atoms with Crippen LogP contribution in [0.25, 0.3) is 0 Å². The third-order valence-electron chi connectivity index (χ3n) is 4.06. The van der Waals surface area contributed by atoms with Gasteiger partial charge in [0.25, 0.3) is 5.91 Å². The van der Waals surface area contributed by atoms with E-state index in [4.69, 9.17) is 9.47 Å². The Bertz CT molecular complexity index is 1070. The van der Waals surface area contributed by atoms with Crippen molar-refractivity contribution in [3.05, 3.63) is 74.4 Å². The fourth-order valence-corrected chi connectivity index (χ4v) is 3.16. The first kappa shape index (κ1) is 20.3. The number of benzene rings is 2. The van der Waals surface area contributed by atoms with Gasteiger partial charge in [-0.3, -0.25) is 4.79 Å². The number of hydrogen-bond donors (Lipinski definition) is 1. The standard InChI is InChI=1S/C19H17BrN4O5/c1-28-14-6-7-17(29-2)16(9-14)21-19(25)13-5-3-4-12(8-13)10-23-11-15(20)18(22-23)24(26)27/h3-9,11H,10H2,1-2H3,(H,21,25). The van der Waals surface area contributed by atoms with E-state index in [-0.39, 0.29) is 18.3 Å². The maximum absolute atomic E-state index is 12.7. The Morgan fingerprint density at radius 1 is 1.24 bits per heavy atom. The average molecular weight is 461 g/mol. The van der Waals surface area contributed by atoms with Crippen molar-refractivity contribution in [2.75, 3.05) is 19.5 Å². The van der Waals surface area contributed by atoms with Crippen molar-refractivity contribution in [1.82, 2.24) is 9.78 Å². The van der Waals surface area contributed by atoms with E-state index in [1.54, 1.807) is 36.4 Å². The summed E-state index contributed by atoms with van der Waals surface area (Å²) >= 11 is 3.12. The molecule has 0 radical (unpaired) electrons. The fourth-order valence-electron chi connectivity index (χ4n) is 2.70. The number of carbonyl (C=O) groups is 1. The Hall–Kier alpha value is -3.40. The summed E-state index contributed by atoms with van der Waals surface area (Å²) in [6.45, 7) is 0.274. The zero-order chi connectivity index (χ0) is 21.0. The lowest BCUT2D eigenvalue weighted by Crippen LogP contribution is -2.13. The monoisotopic (exact) mass is 460 g/mol. The van der Waals surface area contributed by atoms with E-state index in [1.165, 1.54) is 25.1 Å². The fraction of sp³-hybridized carbons (Fsp3) is 0.158. The minimum Gasteiger partial charge on any atom is -0.497 e. The number of aromatic nitrogens is 2. The van der Waals surface area contributed by atoms with Gasteiger partial charge in [0.05, 0.1) is 37.7 Å². The number of nitrogens with zero attached hydrogens (tertiary/aromatic N) is 3. The molecule has 0 spiro atoms. The molecule has 1 heterocycles. The molecule has 1 aromatic heterocycles. The minimum atomic E-state index is -0.564. The van der Waals surface area contributed by atoms with Gasteiger partial charge in [0, 0.05) is 11.6 Å². The summed E-state index contributed by atoms with van der Waals surface area (Å²) < 4.78 is 12.2. The molecular weight excluding hydrogens is 444 g/mol. The zero-order valence-electron chi connectivity index (χ0n) is 15.6. The number of ether oxygens (including phenoxy) is 2. The van der Waals surface area contributed by atoms with Crippen molar-refractivity contribution in [2.45, 2.75) is 6.54 Å². The molecule has 0 fully saturated rings. The third kappa shape index (κ3) is 4.72. The van der Waals surface area contributed by atoms with Crippen molar-refractivity contribution in [3.63, 3.8) is 0 Å². The van der Waals surface area contributed by atoms with Gasteiger partial charge in [-0.05, 0) is 50.7 Å². The number of halogens is 1. The van der Waals surface area contributed by atoms with Crippen LogP contribution in [0.3, 0.4) is 0 Å². The maximum Gasteiger partial charge on any atom is 0.404 e. The highest BCUT2D eigenvalue weighted by Crippen LogP contribution is 2.29. The van der Waals surface area contributed by atoms with Gasteiger partial charge in [0.1, 0.15) is 16.0 Å². The van der Waals surface area contributed by atoms with Crippen LogP contribution < -0.4 is 14.8 Å². The van der Waals surface area contributed by atoms with E-state index >= 15 is 0 Å². The molecule has 3 rings (SSSR count). The second-order valence-corrected chi connectivity index (χ2v) is 6.83. The molecular formula is C19H17BrN4O5. The van der Waals surface area contributed by atoms with Gasteiger partial charge >= 0.3 is 5.82 Å². The summed E-state index contributed by atoms with van der Waals surface area (Å²) in [5, 5.41) is 17.7. The predicted octanol–water partition coefficient (Wildman–Crippen LogP) is 3.87. The smallest absolute Gasteiger partial charge is 0.404 e. The Morgan fingerprint density at radius 3 is 2.69 bits per heavy atom. The normalized spacial score (nSPS) is 10.4. The van der Waals surface area contributed by atoms with Crippen LogP contribution >= 0.6 is 15.9 Å². The SMILES string of the molecule is COc1ccc(OC)c(NC(=O)c2cccc(Cn3cc(Br)c([N+](=O)[O-])n3)c2)c1. The molecule has 0 bridgehead atoms. The van der Waals surface area contributed by atoms with E-state index in [0.717, 1.165) is 5.56 Å². The van der Waals surface area contributed by atoms with Gasteiger partial charge in [0.15, 0.2) is 0 Å². The summed E-state index contributed by atoms with van der Waals surface area (Å²) in [4.78, 5) is 23.1. The first-order chi connectivity index (χ1) is 13.9. The molecule has 1 N–H and O–H groups in total. The summed E-state index contributed by atoms with van der Waals surface area (Å²) in [7, 11) is 3.05. The summed E-state index contributed by atoms with van der Waals surface area (Å²) in [5.41, 5.74) is 1.67. The third-order valence-corrected chi connectivity index (χ3v) is 4.62. The van der Waals surface area contributed by atoms with E-state index in [2.05, 4.69) is 26.3 Å². The number of nitrogens with one attached hydrogen (secondary N) is 1. The highest BCUT2D eigenvalue weighted by atomic mass is 79.9. The second-order valence-electron chi connectivity index (χ2n) is 5.98. The van der Waals surface area contributed by atoms with E-state index in [1.807, 2.05) is 6.07 Å². The molecule has 9 nitrogen and oxygen atoms in total. The number of hydrogen-bond acceptors (Lipinski definition) is 6. The molecule has 0 unspecified atom stereocenters. The number of anilines is 1. The highest BCUT2D eigenvalue weighted by Gasteiger charge is 2.19. The summed E-state index contributed by atoms with van der Waals surface area (Å²) in [6.07, 6.45) is 1.52. The Labute approximate surface area is 174 Å². The van der Waals surface area contributed by atoms with Gasteiger partial charge < -0.3 is 24.9 Å². The first-order valence-electron chi connectivity index (χ1n) is 8.41. The maximum atomic E-state index is 12.7. The zero-order valence-corrected chi connectivity index (χ0v) is 17.2. The number of rotatable bonds is 7. The molecule has 3 aromatic rings. The van der Waals surface area contributed by atoms with Crippen LogP contribution in [0, 0.1) is 10.1 Å². The lowest BCUT2D eigenvalue weighted by molar-refractivity contribution is -0.390. The lowest BCUT2D eigenvalue weighted by atomic mass is 10.1. The molecule has 2 aromatic carbocycles. The molecule has 0 aliphatic heterocycles. The molecule has 0 atom stereocenters. The summed E-state index contributed by atoms with van der Waals surface area (Å²) in [6, 6.07) is 12.0. The average Bonchev–Trinajstić information content (AvgIpc) is 3.08. The molecule has 29 heavy (non-hydrogen) atoms. The van der Waals surface area contributed by atoms with Crippen molar-refractivity contribution in [1.29, 1.82) is 0 Å². The van der Waals surface area contributed by atoms with Crippen LogP contribution in [0.5, 0.6) is 11.5 Å². The number of methoxy groups -OCH3 is 2. The Morgan fingerprint density at radius 2 is 2.03 bits per heavy atom. The van der Waals surface area contributed by atoms with Crippen LogP contribution in [-0.2, 0) is 6.54 Å². The Kier molecular flexibility index (Phi) is 6.13. The van der Waals surface area contributed by atoms with Crippen molar-refractivity contribution < 1.29 is 19.2 Å². The molecule has 150 valence electrons. The van der Waals surface area contributed by atoms with Crippen molar-refractivity contribution in [2.24, 2.45) is 0 Å². The molecule has 0 aliphatic carbocycles. The van der Waals surface area contributed by atoms with Crippen LogP contribution in [0.2, 0.25) is 0 Å². The number of carbonyl (C=O) groups excluding carboxylic acids is 1. The van der Waals surface area contributed by atoms with Gasteiger partial charge in [-0.15, -0.1) is 0 Å². The first-order valence-corrected chi connectivity index (χ1v) is 9.20.